The minimum absolute atomic E-state index is 0.0405. The lowest BCUT2D eigenvalue weighted by Crippen LogP contribution is -2.41. The molecule has 0 aliphatic carbocycles. The van der Waals surface area contributed by atoms with Crippen LogP contribution in [0, 0.1) is 6.92 Å². The topological polar surface area (TPSA) is 71.8 Å². The van der Waals surface area contributed by atoms with Gasteiger partial charge in [-0.3, -0.25) is 4.79 Å². The van der Waals surface area contributed by atoms with Crippen LogP contribution in [0.25, 0.3) is 0 Å². The van der Waals surface area contributed by atoms with Crippen LogP contribution < -0.4 is 10.7 Å². The van der Waals surface area contributed by atoms with Crippen molar-refractivity contribution in [1.29, 1.82) is 0 Å². The molecule has 2 atom stereocenters. The molecule has 2 aromatic carbocycles. The SMILES string of the molecule is CCc1ccccc1NC(=O)[C@@H]1Sc2nnc(CC)n2N[C@H]1c1ccc(C)cc1. The maximum atomic E-state index is 13.3. The lowest BCUT2D eigenvalue weighted by Gasteiger charge is -2.33. The number of amides is 1. The van der Waals surface area contributed by atoms with Crippen molar-refractivity contribution in [3.8, 4) is 0 Å². The van der Waals surface area contributed by atoms with E-state index in [2.05, 4.69) is 59.1 Å². The number of nitrogens with one attached hydrogen (secondary N) is 2. The number of aromatic nitrogens is 3. The predicted molar refractivity (Wildman–Crippen MR) is 117 cm³/mol. The number of thioether (sulfide) groups is 1. The van der Waals surface area contributed by atoms with Gasteiger partial charge in [0.25, 0.3) is 0 Å². The number of aryl methyl sites for hydroxylation is 3. The predicted octanol–water partition coefficient (Wildman–Crippen LogP) is 4.11. The average molecular weight is 408 g/mol. The minimum atomic E-state index is -0.371. The Morgan fingerprint density at radius 2 is 1.86 bits per heavy atom. The summed E-state index contributed by atoms with van der Waals surface area (Å²) in [5.74, 6) is 0.820. The van der Waals surface area contributed by atoms with Gasteiger partial charge in [-0.1, -0.05) is 73.6 Å². The lowest BCUT2D eigenvalue weighted by atomic mass is 10.0. The van der Waals surface area contributed by atoms with E-state index in [0.29, 0.717) is 5.16 Å². The number of anilines is 1. The van der Waals surface area contributed by atoms with Crippen LogP contribution >= 0.6 is 11.8 Å². The average Bonchev–Trinajstić information content (AvgIpc) is 3.16. The summed E-state index contributed by atoms with van der Waals surface area (Å²) in [6.45, 7) is 6.20. The highest BCUT2D eigenvalue weighted by Gasteiger charge is 2.37. The van der Waals surface area contributed by atoms with Gasteiger partial charge in [-0.2, -0.15) is 0 Å². The molecule has 7 heteroatoms. The molecule has 1 aliphatic heterocycles. The fourth-order valence-electron chi connectivity index (χ4n) is 3.51. The van der Waals surface area contributed by atoms with Gasteiger partial charge < -0.3 is 10.7 Å². The zero-order valence-electron chi connectivity index (χ0n) is 16.8. The van der Waals surface area contributed by atoms with Crippen molar-refractivity contribution in [2.45, 2.75) is 50.1 Å². The molecule has 0 saturated heterocycles. The fourth-order valence-corrected chi connectivity index (χ4v) is 4.60. The summed E-state index contributed by atoms with van der Waals surface area (Å²) < 4.78 is 1.92. The highest BCUT2D eigenvalue weighted by Crippen LogP contribution is 2.37. The summed E-state index contributed by atoms with van der Waals surface area (Å²) in [4.78, 5) is 13.3. The van der Waals surface area contributed by atoms with E-state index in [-0.39, 0.29) is 17.2 Å². The number of hydrogen-bond donors (Lipinski definition) is 2. The number of carbonyl (C=O) groups excluding carboxylic acids is 1. The van der Waals surface area contributed by atoms with Crippen LogP contribution in [-0.2, 0) is 17.6 Å². The van der Waals surface area contributed by atoms with Crippen molar-refractivity contribution < 1.29 is 4.79 Å². The van der Waals surface area contributed by atoms with Crippen molar-refractivity contribution in [1.82, 2.24) is 14.9 Å². The molecule has 0 saturated carbocycles. The van der Waals surface area contributed by atoms with E-state index in [9.17, 15) is 4.79 Å². The van der Waals surface area contributed by atoms with E-state index in [1.807, 2.05) is 35.9 Å². The Balaban J connectivity index is 1.68. The third-order valence-electron chi connectivity index (χ3n) is 5.17. The molecule has 2 heterocycles. The highest BCUT2D eigenvalue weighted by molar-refractivity contribution is 8.00. The van der Waals surface area contributed by atoms with Gasteiger partial charge in [0, 0.05) is 12.1 Å². The van der Waals surface area contributed by atoms with Gasteiger partial charge in [0.1, 0.15) is 5.25 Å². The van der Waals surface area contributed by atoms with E-state index in [4.69, 9.17) is 0 Å². The highest BCUT2D eigenvalue weighted by atomic mass is 32.2. The second-order valence-electron chi connectivity index (χ2n) is 7.14. The van der Waals surface area contributed by atoms with Crippen molar-refractivity contribution in [3.05, 3.63) is 71.0 Å². The van der Waals surface area contributed by atoms with Crippen LogP contribution in [0.5, 0.6) is 0 Å². The van der Waals surface area contributed by atoms with Gasteiger partial charge >= 0.3 is 0 Å². The van der Waals surface area contributed by atoms with Gasteiger partial charge in [-0.15, -0.1) is 10.2 Å². The van der Waals surface area contributed by atoms with E-state index in [1.54, 1.807) is 0 Å². The third-order valence-corrected chi connectivity index (χ3v) is 6.39. The molecule has 0 bridgehead atoms. The van der Waals surface area contributed by atoms with Gasteiger partial charge in [-0.25, -0.2) is 4.68 Å². The van der Waals surface area contributed by atoms with E-state index in [0.717, 1.165) is 35.5 Å². The number of rotatable bonds is 5. The summed E-state index contributed by atoms with van der Waals surface area (Å²) in [6, 6.07) is 16.1. The molecule has 3 aromatic rings. The van der Waals surface area contributed by atoms with Crippen LogP contribution in [0.15, 0.2) is 53.7 Å². The van der Waals surface area contributed by atoms with Gasteiger partial charge in [-0.05, 0) is 30.5 Å². The van der Waals surface area contributed by atoms with E-state index < -0.39 is 0 Å². The fraction of sp³-hybridized carbons (Fsp3) is 0.318. The van der Waals surface area contributed by atoms with Gasteiger partial charge in [0.05, 0.1) is 6.04 Å². The molecule has 0 radical (unpaired) electrons. The Hall–Kier alpha value is -2.80. The summed E-state index contributed by atoms with van der Waals surface area (Å²) >= 11 is 1.46. The van der Waals surface area contributed by atoms with Gasteiger partial charge in [0.15, 0.2) is 5.82 Å². The van der Waals surface area contributed by atoms with Crippen LogP contribution in [0.4, 0.5) is 5.69 Å². The Morgan fingerprint density at radius 1 is 1.10 bits per heavy atom. The van der Waals surface area contributed by atoms with Crippen molar-refractivity contribution >= 4 is 23.4 Å². The van der Waals surface area contributed by atoms with Crippen LogP contribution in [0.2, 0.25) is 0 Å². The maximum Gasteiger partial charge on any atom is 0.240 e. The first-order valence-corrected chi connectivity index (χ1v) is 10.8. The standard InChI is InChI=1S/C22H25N5OS/c1-4-15-8-6-7-9-17(15)23-21(28)20-19(16-12-10-14(3)11-13-16)26-27-18(5-2)24-25-22(27)29-20/h6-13,19-20,26H,4-5H2,1-3H3,(H,23,28)/t19-,20+/m0/s1. The first kappa shape index (κ1) is 19.5. The quantitative estimate of drug-likeness (QED) is 0.666. The molecule has 2 N–H and O–H groups in total. The van der Waals surface area contributed by atoms with Crippen LogP contribution in [-0.4, -0.2) is 26.0 Å². The zero-order valence-corrected chi connectivity index (χ0v) is 17.7. The molecule has 150 valence electrons. The summed E-state index contributed by atoms with van der Waals surface area (Å²) in [5.41, 5.74) is 7.73. The Bertz CT molecular complexity index is 1010. The number of benzene rings is 2. The number of nitrogens with zero attached hydrogens (tertiary/aromatic N) is 3. The van der Waals surface area contributed by atoms with Gasteiger partial charge in [0.2, 0.25) is 11.1 Å². The molecule has 0 fully saturated rings. The summed E-state index contributed by atoms with van der Waals surface area (Å²) in [6.07, 6.45) is 1.63. The first-order valence-electron chi connectivity index (χ1n) is 9.93. The first-order chi connectivity index (χ1) is 14.1. The molecule has 29 heavy (non-hydrogen) atoms. The Morgan fingerprint density at radius 3 is 2.59 bits per heavy atom. The molecule has 1 amide bonds. The number of fused-ring (bicyclic) bond motifs is 1. The number of carbonyl (C=O) groups is 1. The molecule has 6 nitrogen and oxygen atoms in total. The Labute approximate surface area is 175 Å². The number of para-hydroxylation sites is 1. The largest absolute Gasteiger partial charge is 0.325 e. The van der Waals surface area contributed by atoms with Crippen molar-refractivity contribution in [2.75, 3.05) is 10.7 Å². The van der Waals surface area contributed by atoms with Crippen LogP contribution in [0.1, 0.15) is 42.4 Å². The van der Waals surface area contributed by atoms with E-state index in [1.165, 1.54) is 17.3 Å². The summed E-state index contributed by atoms with van der Waals surface area (Å²) in [5, 5.41) is 12.0. The van der Waals surface area contributed by atoms with Crippen molar-refractivity contribution in [2.24, 2.45) is 0 Å². The monoisotopic (exact) mass is 407 g/mol. The minimum Gasteiger partial charge on any atom is -0.325 e. The molecule has 1 aromatic heterocycles. The van der Waals surface area contributed by atoms with E-state index >= 15 is 0 Å². The summed E-state index contributed by atoms with van der Waals surface area (Å²) in [7, 11) is 0. The second-order valence-corrected chi connectivity index (χ2v) is 8.25. The molecule has 1 aliphatic rings. The van der Waals surface area contributed by atoms with Crippen molar-refractivity contribution in [3.63, 3.8) is 0 Å². The molecular weight excluding hydrogens is 382 g/mol. The molecule has 0 spiro atoms. The van der Waals surface area contributed by atoms with Crippen LogP contribution in [0.3, 0.4) is 0 Å². The smallest absolute Gasteiger partial charge is 0.240 e. The molecule has 0 unspecified atom stereocenters. The lowest BCUT2D eigenvalue weighted by molar-refractivity contribution is -0.116. The zero-order chi connectivity index (χ0) is 20.4. The maximum absolute atomic E-state index is 13.3. The third kappa shape index (κ3) is 3.87. The molecule has 4 rings (SSSR count). The normalized spacial score (nSPS) is 18.0. The number of hydrogen-bond acceptors (Lipinski definition) is 5. The Kier molecular flexibility index (Phi) is 5.58. The second kappa shape index (κ2) is 8.29. The molecular formula is C22H25N5OS.